The standard InChI is InChI=1S/C15H16BrClF2/c1-15(2)7-9(5-10(17)8-15)6-11-13(18)4-3-12(16)14(11)19/h3-5,10H,6-8H2,1-2H3. The maximum Gasteiger partial charge on any atom is 0.143 e. The number of allylic oxidation sites excluding steroid dienone is 2. The minimum absolute atomic E-state index is 0.0583. The Morgan fingerprint density at radius 3 is 2.68 bits per heavy atom. The molecular weight excluding hydrogens is 334 g/mol. The maximum absolute atomic E-state index is 14.0. The summed E-state index contributed by atoms with van der Waals surface area (Å²) in [5.41, 5.74) is 1.20. The van der Waals surface area contributed by atoms with Crippen LogP contribution in [0.1, 0.15) is 32.3 Å². The van der Waals surface area contributed by atoms with Crippen LogP contribution in [0.4, 0.5) is 8.78 Å². The molecule has 104 valence electrons. The zero-order chi connectivity index (χ0) is 14.2. The highest BCUT2D eigenvalue weighted by molar-refractivity contribution is 9.10. The van der Waals surface area contributed by atoms with Crippen LogP contribution in [0.3, 0.4) is 0 Å². The van der Waals surface area contributed by atoms with E-state index in [0.29, 0.717) is 4.47 Å². The van der Waals surface area contributed by atoms with E-state index >= 15 is 0 Å². The molecule has 4 heteroatoms. The van der Waals surface area contributed by atoms with E-state index in [9.17, 15) is 8.78 Å². The topological polar surface area (TPSA) is 0 Å². The van der Waals surface area contributed by atoms with Gasteiger partial charge in [0.05, 0.1) is 9.85 Å². The molecular formula is C15H16BrClF2. The van der Waals surface area contributed by atoms with Gasteiger partial charge in [-0.05, 0) is 52.7 Å². The predicted molar refractivity (Wildman–Crippen MR) is 78.5 cm³/mol. The average molecular weight is 350 g/mol. The van der Waals surface area contributed by atoms with Crippen LogP contribution in [0, 0.1) is 17.0 Å². The highest BCUT2D eigenvalue weighted by Crippen LogP contribution is 2.39. The van der Waals surface area contributed by atoms with Gasteiger partial charge in [-0.2, -0.15) is 0 Å². The Morgan fingerprint density at radius 1 is 1.37 bits per heavy atom. The fraction of sp³-hybridized carbons (Fsp3) is 0.467. The number of rotatable bonds is 2. The van der Waals surface area contributed by atoms with Crippen LogP contribution in [0.5, 0.6) is 0 Å². The third-order valence-electron chi connectivity index (χ3n) is 3.41. The van der Waals surface area contributed by atoms with Crippen molar-refractivity contribution in [1.82, 2.24) is 0 Å². The second kappa shape index (κ2) is 5.53. The summed E-state index contributed by atoms with van der Waals surface area (Å²) in [7, 11) is 0. The molecule has 0 fully saturated rings. The molecule has 1 aliphatic rings. The molecule has 0 N–H and O–H groups in total. The molecule has 0 spiro atoms. The molecule has 1 aromatic carbocycles. The summed E-state index contributed by atoms with van der Waals surface area (Å²) in [6.07, 6.45) is 3.93. The van der Waals surface area contributed by atoms with E-state index in [-0.39, 0.29) is 22.8 Å². The molecule has 1 aliphatic carbocycles. The van der Waals surface area contributed by atoms with Gasteiger partial charge in [-0.15, -0.1) is 11.6 Å². The zero-order valence-electron chi connectivity index (χ0n) is 10.9. The van der Waals surface area contributed by atoms with Gasteiger partial charge >= 0.3 is 0 Å². The van der Waals surface area contributed by atoms with Gasteiger partial charge in [0, 0.05) is 5.56 Å². The van der Waals surface area contributed by atoms with E-state index < -0.39 is 11.6 Å². The molecule has 0 aromatic heterocycles. The summed E-state index contributed by atoms with van der Waals surface area (Å²) in [4.78, 5) is 0. The summed E-state index contributed by atoms with van der Waals surface area (Å²) in [5, 5.41) is -0.0583. The lowest BCUT2D eigenvalue weighted by molar-refractivity contribution is 0.319. The van der Waals surface area contributed by atoms with Crippen molar-refractivity contribution in [3.8, 4) is 0 Å². The molecule has 0 bridgehead atoms. The van der Waals surface area contributed by atoms with Crippen molar-refractivity contribution in [2.45, 2.75) is 38.5 Å². The van der Waals surface area contributed by atoms with E-state index in [1.165, 1.54) is 12.1 Å². The van der Waals surface area contributed by atoms with Crippen LogP contribution in [0.25, 0.3) is 0 Å². The minimum atomic E-state index is -0.518. The minimum Gasteiger partial charge on any atom is -0.207 e. The normalized spacial score (nSPS) is 22.2. The second-order valence-electron chi connectivity index (χ2n) is 5.88. The first kappa shape index (κ1) is 15.0. The number of hydrogen-bond donors (Lipinski definition) is 0. The lowest BCUT2D eigenvalue weighted by atomic mass is 9.76. The summed E-state index contributed by atoms with van der Waals surface area (Å²) in [6, 6.07) is 2.67. The Bertz CT molecular complexity index is 523. The van der Waals surface area contributed by atoms with Gasteiger partial charge in [0.2, 0.25) is 0 Å². The van der Waals surface area contributed by atoms with Gasteiger partial charge in [-0.25, -0.2) is 8.78 Å². The van der Waals surface area contributed by atoms with E-state index in [1.807, 2.05) is 6.08 Å². The molecule has 1 unspecified atom stereocenters. The first-order valence-corrected chi connectivity index (χ1v) is 7.47. The molecule has 0 aliphatic heterocycles. The van der Waals surface area contributed by atoms with Gasteiger partial charge in [0.15, 0.2) is 0 Å². The molecule has 0 nitrogen and oxygen atoms in total. The van der Waals surface area contributed by atoms with Crippen molar-refractivity contribution in [3.05, 3.63) is 45.5 Å². The average Bonchev–Trinajstić information content (AvgIpc) is 2.27. The van der Waals surface area contributed by atoms with Crippen LogP contribution >= 0.6 is 27.5 Å². The first-order valence-electron chi connectivity index (χ1n) is 6.24. The van der Waals surface area contributed by atoms with E-state index in [0.717, 1.165) is 18.4 Å². The third-order valence-corrected chi connectivity index (χ3v) is 4.31. The number of alkyl halides is 1. The number of hydrogen-bond acceptors (Lipinski definition) is 0. The highest BCUT2D eigenvalue weighted by atomic mass is 79.9. The van der Waals surface area contributed by atoms with Crippen molar-refractivity contribution >= 4 is 27.5 Å². The molecule has 0 radical (unpaired) electrons. The SMILES string of the molecule is CC1(C)CC(Cc2c(F)ccc(Br)c2F)=CC(Cl)C1. The maximum atomic E-state index is 14.0. The Morgan fingerprint density at radius 2 is 2.05 bits per heavy atom. The van der Waals surface area contributed by atoms with Gasteiger partial charge < -0.3 is 0 Å². The Kier molecular flexibility index (Phi) is 4.36. The molecule has 1 aromatic rings. The molecule has 0 saturated heterocycles. The highest BCUT2D eigenvalue weighted by Gasteiger charge is 2.28. The van der Waals surface area contributed by atoms with E-state index in [4.69, 9.17) is 11.6 Å². The zero-order valence-corrected chi connectivity index (χ0v) is 13.3. The van der Waals surface area contributed by atoms with Crippen molar-refractivity contribution < 1.29 is 8.78 Å². The molecule has 19 heavy (non-hydrogen) atoms. The second-order valence-corrected chi connectivity index (χ2v) is 7.30. The number of halogens is 4. The number of benzene rings is 1. The van der Waals surface area contributed by atoms with Crippen LogP contribution in [0.15, 0.2) is 28.3 Å². The van der Waals surface area contributed by atoms with E-state index in [1.54, 1.807) is 0 Å². The predicted octanol–water partition coefficient (Wildman–Crippen LogP) is 5.62. The van der Waals surface area contributed by atoms with Crippen molar-refractivity contribution in [2.24, 2.45) is 5.41 Å². The van der Waals surface area contributed by atoms with Gasteiger partial charge in [0.1, 0.15) is 11.6 Å². The Balaban J connectivity index is 2.29. The van der Waals surface area contributed by atoms with Gasteiger partial charge in [0.25, 0.3) is 0 Å². The van der Waals surface area contributed by atoms with Gasteiger partial charge in [-0.3, -0.25) is 0 Å². The quantitative estimate of drug-likeness (QED) is 0.369. The smallest absolute Gasteiger partial charge is 0.143 e. The van der Waals surface area contributed by atoms with Crippen molar-refractivity contribution in [1.29, 1.82) is 0 Å². The largest absolute Gasteiger partial charge is 0.207 e. The first-order chi connectivity index (χ1) is 8.78. The molecule has 0 heterocycles. The summed E-state index contributed by atoms with van der Waals surface area (Å²) in [5.74, 6) is -1.02. The van der Waals surface area contributed by atoms with Crippen LogP contribution < -0.4 is 0 Å². The Hall–Kier alpha value is -0.410. The van der Waals surface area contributed by atoms with Crippen LogP contribution in [-0.2, 0) is 6.42 Å². The van der Waals surface area contributed by atoms with Crippen molar-refractivity contribution in [2.75, 3.05) is 0 Å². The van der Waals surface area contributed by atoms with Crippen molar-refractivity contribution in [3.63, 3.8) is 0 Å². The fourth-order valence-corrected chi connectivity index (χ4v) is 3.64. The fourth-order valence-electron chi connectivity index (χ4n) is 2.67. The van der Waals surface area contributed by atoms with Crippen LogP contribution in [-0.4, -0.2) is 5.38 Å². The third kappa shape index (κ3) is 3.57. The monoisotopic (exact) mass is 348 g/mol. The van der Waals surface area contributed by atoms with E-state index in [2.05, 4.69) is 29.8 Å². The molecule has 2 rings (SSSR count). The van der Waals surface area contributed by atoms with Gasteiger partial charge in [-0.1, -0.05) is 25.5 Å². The lowest BCUT2D eigenvalue weighted by Crippen LogP contribution is -2.23. The summed E-state index contributed by atoms with van der Waals surface area (Å²) in [6.45, 7) is 4.26. The summed E-state index contributed by atoms with van der Waals surface area (Å²) >= 11 is 9.29. The Labute approximate surface area is 126 Å². The summed E-state index contributed by atoms with van der Waals surface area (Å²) < 4.78 is 28.0. The molecule has 0 amide bonds. The van der Waals surface area contributed by atoms with Crippen LogP contribution in [0.2, 0.25) is 0 Å². The lowest BCUT2D eigenvalue weighted by Gasteiger charge is -2.32. The molecule has 1 atom stereocenters. The molecule has 0 saturated carbocycles.